The third-order valence-corrected chi connectivity index (χ3v) is 9.82. The summed E-state index contributed by atoms with van der Waals surface area (Å²) in [6.07, 6.45) is 15.9. The average Bonchev–Trinajstić information content (AvgIpc) is 2.89. The highest BCUT2D eigenvalue weighted by Crippen LogP contribution is 2.43. The zero-order valence-corrected chi connectivity index (χ0v) is 23.0. The van der Waals surface area contributed by atoms with Crippen LogP contribution in [0.25, 0.3) is 0 Å². The van der Waals surface area contributed by atoms with Gasteiger partial charge in [-0.25, -0.2) is 0 Å². The van der Waals surface area contributed by atoms with E-state index in [1.54, 1.807) is 0 Å². The van der Waals surface area contributed by atoms with Crippen molar-refractivity contribution in [3.8, 4) is 6.07 Å². The second-order valence-electron chi connectivity index (χ2n) is 11.4. The molecule has 3 N–H and O–H groups in total. The monoisotopic (exact) mass is 512 g/mol. The molecule has 0 aromatic carbocycles. The minimum Gasteiger partial charge on any atom is -0.353 e. The third kappa shape index (κ3) is 6.68. The Kier molecular flexibility index (Phi) is 9.81. The second-order valence-corrected chi connectivity index (χ2v) is 12.4. The van der Waals surface area contributed by atoms with Gasteiger partial charge in [0.1, 0.15) is 0 Å². The first-order valence-electron chi connectivity index (χ1n) is 14.3. The van der Waals surface area contributed by atoms with E-state index in [1.807, 2.05) is 6.92 Å². The van der Waals surface area contributed by atoms with Crippen LogP contribution in [0.4, 0.5) is 0 Å². The molecule has 0 radical (unpaired) electrons. The Hall–Kier alpha value is -1.94. The standard InChI is InChI=1S/C29H44N4O2S/c1-19-11-9-10-16-24(19)33-25(34)18-36-29-23(17-30)27(21-12-5-3-6-13-21)26(20(2)31-29)28(35)32-22-14-7-4-8-15-22/h19,21-22,24,27,31H,3-16,18H2,1-2H3,(H,32,35)(H,33,34). The molecule has 3 unspecified atom stereocenters. The van der Waals surface area contributed by atoms with Gasteiger partial charge in [0, 0.05) is 29.3 Å². The highest BCUT2D eigenvalue weighted by molar-refractivity contribution is 8.03. The first-order chi connectivity index (χ1) is 17.5. The van der Waals surface area contributed by atoms with Gasteiger partial charge in [-0.1, -0.05) is 70.1 Å². The number of nitrogens with zero attached hydrogens (tertiary/aromatic N) is 1. The maximum Gasteiger partial charge on any atom is 0.249 e. The fourth-order valence-electron chi connectivity index (χ4n) is 6.74. The molecule has 36 heavy (non-hydrogen) atoms. The van der Waals surface area contributed by atoms with E-state index in [9.17, 15) is 14.9 Å². The SMILES string of the molecule is CC1=C(C(=O)NC2CCCCC2)C(C2CCCCC2)C(C#N)=C(SCC(=O)NC2CCCCC2C)N1. The molecule has 0 aromatic heterocycles. The van der Waals surface area contributed by atoms with Crippen molar-refractivity contribution in [2.24, 2.45) is 17.8 Å². The number of hydrogen-bond donors (Lipinski definition) is 3. The predicted octanol–water partition coefficient (Wildman–Crippen LogP) is 5.67. The largest absolute Gasteiger partial charge is 0.353 e. The van der Waals surface area contributed by atoms with Crippen molar-refractivity contribution in [2.45, 2.75) is 116 Å². The van der Waals surface area contributed by atoms with E-state index in [0.717, 1.165) is 61.2 Å². The van der Waals surface area contributed by atoms with Crippen LogP contribution >= 0.6 is 11.8 Å². The molecule has 3 saturated carbocycles. The molecule has 4 rings (SSSR count). The number of thioether (sulfide) groups is 1. The maximum atomic E-state index is 13.6. The van der Waals surface area contributed by atoms with E-state index < -0.39 is 0 Å². The minimum atomic E-state index is -0.191. The number of hydrogen-bond acceptors (Lipinski definition) is 5. The van der Waals surface area contributed by atoms with Crippen molar-refractivity contribution >= 4 is 23.6 Å². The van der Waals surface area contributed by atoms with Crippen LogP contribution in [0.5, 0.6) is 0 Å². The zero-order valence-electron chi connectivity index (χ0n) is 22.2. The Labute approximate surface area is 221 Å². The summed E-state index contributed by atoms with van der Waals surface area (Å²) in [7, 11) is 0. The van der Waals surface area contributed by atoms with Crippen molar-refractivity contribution in [3.63, 3.8) is 0 Å². The highest BCUT2D eigenvalue weighted by atomic mass is 32.2. The number of nitrogens with one attached hydrogen (secondary N) is 3. The maximum absolute atomic E-state index is 13.6. The van der Waals surface area contributed by atoms with Crippen LogP contribution in [-0.4, -0.2) is 29.7 Å². The Bertz CT molecular complexity index is 909. The van der Waals surface area contributed by atoms with Crippen molar-refractivity contribution in [2.75, 3.05) is 5.75 Å². The number of allylic oxidation sites excluding steroid dienone is 2. The van der Waals surface area contributed by atoms with E-state index in [1.165, 1.54) is 56.7 Å². The summed E-state index contributed by atoms with van der Waals surface area (Å²) < 4.78 is 0. The molecule has 3 fully saturated rings. The first kappa shape index (κ1) is 27.1. The smallest absolute Gasteiger partial charge is 0.249 e. The summed E-state index contributed by atoms with van der Waals surface area (Å²) in [5.74, 6) is 0.922. The number of nitriles is 1. The topological polar surface area (TPSA) is 94.0 Å². The lowest BCUT2D eigenvalue weighted by molar-refractivity contribution is -0.120. The van der Waals surface area contributed by atoms with Gasteiger partial charge in [0.2, 0.25) is 11.8 Å². The second kappa shape index (κ2) is 13.0. The van der Waals surface area contributed by atoms with Crippen LogP contribution in [0.2, 0.25) is 0 Å². The van der Waals surface area contributed by atoms with Crippen molar-refractivity contribution in [1.29, 1.82) is 5.26 Å². The Morgan fingerprint density at radius 3 is 2.25 bits per heavy atom. The van der Waals surface area contributed by atoms with E-state index in [-0.39, 0.29) is 35.6 Å². The number of dihydropyridines is 1. The lowest BCUT2D eigenvalue weighted by Gasteiger charge is -2.37. The van der Waals surface area contributed by atoms with Crippen molar-refractivity contribution in [1.82, 2.24) is 16.0 Å². The van der Waals surface area contributed by atoms with Crippen molar-refractivity contribution < 1.29 is 9.59 Å². The van der Waals surface area contributed by atoms with Gasteiger partial charge in [-0.2, -0.15) is 5.26 Å². The Morgan fingerprint density at radius 2 is 1.58 bits per heavy atom. The number of amides is 2. The summed E-state index contributed by atoms with van der Waals surface area (Å²) in [6.45, 7) is 4.18. The van der Waals surface area contributed by atoms with Crippen LogP contribution in [0, 0.1) is 29.1 Å². The summed E-state index contributed by atoms with van der Waals surface area (Å²) in [5.41, 5.74) is 2.22. The lowest BCUT2D eigenvalue weighted by Crippen LogP contribution is -2.43. The Balaban J connectivity index is 1.50. The average molecular weight is 513 g/mol. The normalized spacial score (nSPS) is 28.3. The van der Waals surface area contributed by atoms with Gasteiger partial charge in [0.05, 0.1) is 22.4 Å². The van der Waals surface area contributed by atoms with Crippen LogP contribution < -0.4 is 16.0 Å². The first-order valence-corrected chi connectivity index (χ1v) is 15.3. The summed E-state index contributed by atoms with van der Waals surface area (Å²) in [4.78, 5) is 26.4. The van der Waals surface area contributed by atoms with Gasteiger partial charge in [0.15, 0.2) is 0 Å². The summed E-state index contributed by atoms with van der Waals surface area (Å²) >= 11 is 1.42. The van der Waals surface area contributed by atoms with Gasteiger partial charge in [-0.3, -0.25) is 9.59 Å². The quantitative estimate of drug-likeness (QED) is 0.408. The van der Waals surface area contributed by atoms with Gasteiger partial charge in [0.25, 0.3) is 0 Å². The lowest BCUT2D eigenvalue weighted by atomic mass is 9.71. The van der Waals surface area contributed by atoms with Gasteiger partial charge < -0.3 is 16.0 Å². The fourth-order valence-corrected chi connectivity index (χ4v) is 7.65. The molecule has 0 spiro atoms. The molecule has 7 heteroatoms. The zero-order chi connectivity index (χ0) is 25.5. The predicted molar refractivity (Wildman–Crippen MR) is 146 cm³/mol. The number of rotatable bonds is 7. The molecule has 0 aromatic rings. The molecular formula is C29H44N4O2S. The van der Waals surface area contributed by atoms with Crippen LogP contribution in [0.15, 0.2) is 21.9 Å². The molecule has 1 heterocycles. The highest BCUT2D eigenvalue weighted by Gasteiger charge is 2.39. The van der Waals surface area contributed by atoms with Crippen molar-refractivity contribution in [3.05, 3.63) is 21.9 Å². The van der Waals surface area contributed by atoms with E-state index in [4.69, 9.17) is 0 Å². The van der Waals surface area contributed by atoms with E-state index in [2.05, 4.69) is 28.9 Å². The molecule has 0 bridgehead atoms. The molecule has 198 valence electrons. The third-order valence-electron chi connectivity index (χ3n) is 8.80. The molecule has 3 atom stereocenters. The van der Waals surface area contributed by atoms with Gasteiger partial charge >= 0.3 is 0 Å². The summed E-state index contributed by atoms with van der Waals surface area (Å²) in [5, 5.41) is 21.0. The molecule has 0 saturated heterocycles. The molecule has 1 aliphatic heterocycles. The molecule has 3 aliphatic carbocycles. The molecular weight excluding hydrogens is 468 g/mol. The molecule has 2 amide bonds. The van der Waals surface area contributed by atoms with Gasteiger partial charge in [-0.15, -0.1) is 0 Å². The fraction of sp³-hybridized carbons (Fsp3) is 0.759. The van der Waals surface area contributed by atoms with E-state index in [0.29, 0.717) is 17.4 Å². The minimum absolute atomic E-state index is 0.0108. The molecule has 6 nitrogen and oxygen atoms in total. The number of carbonyl (C=O) groups excluding carboxylic acids is 2. The van der Waals surface area contributed by atoms with Crippen LogP contribution in [-0.2, 0) is 9.59 Å². The van der Waals surface area contributed by atoms with Gasteiger partial charge in [-0.05, 0) is 57.3 Å². The number of carbonyl (C=O) groups is 2. The van der Waals surface area contributed by atoms with Crippen LogP contribution in [0.1, 0.15) is 104 Å². The van der Waals surface area contributed by atoms with Crippen LogP contribution in [0.3, 0.4) is 0 Å². The van der Waals surface area contributed by atoms with E-state index >= 15 is 0 Å². The Morgan fingerprint density at radius 1 is 0.944 bits per heavy atom. The summed E-state index contributed by atoms with van der Waals surface area (Å²) in [6, 6.07) is 2.96. The molecule has 4 aliphatic rings.